The van der Waals surface area contributed by atoms with Gasteiger partial charge in [-0.2, -0.15) is 0 Å². The summed E-state index contributed by atoms with van der Waals surface area (Å²) >= 11 is 1.28. The topological polar surface area (TPSA) is 129 Å². The van der Waals surface area contributed by atoms with Crippen LogP contribution < -0.4 is 31.4 Å². The van der Waals surface area contributed by atoms with E-state index in [4.69, 9.17) is 19.9 Å². The number of aromatic nitrogens is 2. The Labute approximate surface area is 199 Å². The molecule has 1 aliphatic heterocycles. The van der Waals surface area contributed by atoms with E-state index in [1.165, 1.54) is 27.9 Å². The summed E-state index contributed by atoms with van der Waals surface area (Å²) in [5, 5.41) is 0. The average Bonchev–Trinajstić information content (AvgIpc) is 3.33. The SMILES string of the molecule is CCCn1c(N)c(N(CCOC)C(=O)c2ccc(-c3ccc4c(c3)OCCO4)s2)c(=O)[nH]c1=O. The molecule has 0 fully saturated rings. The van der Waals surface area contributed by atoms with Crippen LogP contribution >= 0.6 is 11.3 Å². The highest BCUT2D eigenvalue weighted by atomic mass is 32.1. The van der Waals surface area contributed by atoms with Crippen LogP contribution in [0.1, 0.15) is 23.0 Å². The van der Waals surface area contributed by atoms with Gasteiger partial charge >= 0.3 is 5.69 Å². The van der Waals surface area contributed by atoms with E-state index in [0.29, 0.717) is 42.6 Å². The maximum absolute atomic E-state index is 13.5. The minimum absolute atomic E-state index is 0.0522. The highest BCUT2D eigenvalue weighted by Crippen LogP contribution is 2.37. The summed E-state index contributed by atoms with van der Waals surface area (Å²) in [6.07, 6.45) is 0.630. The number of carbonyl (C=O) groups excluding carboxylic acids is 1. The molecule has 4 rings (SSSR count). The maximum Gasteiger partial charge on any atom is 0.330 e. The first-order valence-electron chi connectivity index (χ1n) is 10.9. The number of H-pyrrole nitrogens is 1. The number of benzene rings is 1. The van der Waals surface area contributed by atoms with Crippen LogP contribution in [-0.4, -0.2) is 48.9 Å². The lowest BCUT2D eigenvalue weighted by atomic mass is 10.1. The smallest absolute Gasteiger partial charge is 0.330 e. The summed E-state index contributed by atoms with van der Waals surface area (Å²) in [5.74, 6) is 0.878. The zero-order chi connectivity index (χ0) is 24.2. The third-order valence-corrected chi connectivity index (χ3v) is 6.46. The molecule has 1 amide bonds. The second-order valence-electron chi connectivity index (χ2n) is 7.62. The van der Waals surface area contributed by atoms with Crippen molar-refractivity contribution in [1.29, 1.82) is 0 Å². The Morgan fingerprint density at radius 3 is 2.71 bits per heavy atom. The third kappa shape index (κ3) is 4.57. The number of thiophene rings is 1. The molecule has 3 heterocycles. The Kier molecular flexibility index (Phi) is 7.03. The number of hydrogen-bond donors (Lipinski definition) is 2. The first-order valence-corrected chi connectivity index (χ1v) is 11.7. The van der Waals surface area contributed by atoms with Crippen molar-refractivity contribution in [2.75, 3.05) is 44.1 Å². The number of anilines is 2. The molecule has 1 aliphatic rings. The van der Waals surface area contributed by atoms with Gasteiger partial charge in [0.15, 0.2) is 17.2 Å². The van der Waals surface area contributed by atoms with E-state index in [1.807, 2.05) is 31.2 Å². The van der Waals surface area contributed by atoms with Crippen LogP contribution in [0.15, 0.2) is 39.9 Å². The van der Waals surface area contributed by atoms with Crippen molar-refractivity contribution in [3.8, 4) is 21.9 Å². The number of carbonyl (C=O) groups is 1. The van der Waals surface area contributed by atoms with Gasteiger partial charge in [0.2, 0.25) is 0 Å². The van der Waals surface area contributed by atoms with Gasteiger partial charge in [0, 0.05) is 25.1 Å². The van der Waals surface area contributed by atoms with Crippen LogP contribution in [0, 0.1) is 0 Å². The van der Waals surface area contributed by atoms with Gasteiger partial charge in [-0.15, -0.1) is 11.3 Å². The lowest BCUT2D eigenvalue weighted by Gasteiger charge is -2.23. The van der Waals surface area contributed by atoms with Crippen molar-refractivity contribution in [1.82, 2.24) is 9.55 Å². The van der Waals surface area contributed by atoms with E-state index in [2.05, 4.69) is 4.98 Å². The van der Waals surface area contributed by atoms with E-state index in [1.54, 1.807) is 6.07 Å². The standard InChI is InChI=1S/C23H26N4O6S/c1-3-8-27-20(24)19(21(28)25-23(27)30)26(9-10-31-2)22(29)18-7-6-17(34-18)14-4-5-15-16(13-14)33-12-11-32-15/h4-7,13H,3,8-12,24H2,1-2H3,(H,25,28,30). The van der Waals surface area contributed by atoms with E-state index >= 15 is 0 Å². The first kappa shape index (κ1) is 23.6. The average molecular weight is 487 g/mol. The molecule has 0 aliphatic carbocycles. The van der Waals surface area contributed by atoms with Gasteiger partial charge in [0.1, 0.15) is 19.0 Å². The van der Waals surface area contributed by atoms with Crippen molar-refractivity contribution >= 4 is 28.7 Å². The Balaban J connectivity index is 1.70. The Bertz CT molecular complexity index is 1310. The van der Waals surface area contributed by atoms with Crippen molar-refractivity contribution in [2.24, 2.45) is 0 Å². The van der Waals surface area contributed by atoms with Gasteiger partial charge in [-0.1, -0.05) is 6.92 Å². The quantitative estimate of drug-likeness (QED) is 0.500. The summed E-state index contributed by atoms with van der Waals surface area (Å²) in [6, 6.07) is 9.15. The number of fused-ring (bicyclic) bond motifs is 1. The van der Waals surface area contributed by atoms with Gasteiger partial charge in [-0.3, -0.25) is 24.0 Å². The van der Waals surface area contributed by atoms with Crippen molar-refractivity contribution in [3.05, 3.63) is 56.0 Å². The molecule has 0 saturated carbocycles. The molecule has 10 nitrogen and oxygen atoms in total. The number of nitrogens with one attached hydrogen (secondary N) is 1. The normalized spacial score (nSPS) is 12.5. The largest absolute Gasteiger partial charge is 0.486 e. The number of methoxy groups -OCH3 is 1. The molecule has 11 heteroatoms. The van der Waals surface area contributed by atoms with Crippen molar-refractivity contribution in [3.63, 3.8) is 0 Å². The fraction of sp³-hybridized carbons (Fsp3) is 0.348. The zero-order valence-corrected chi connectivity index (χ0v) is 19.8. The molecule has 180 valence electrons. The molecule has 0 saturated heterocycles. The molecule has 3 aromatic rings. The van der Waals surface area contributed by atoms with E-state index in [-0.39, 0.29) is 24.7 Å². The lowest BCUT2D eigenvalue weighted by Crippen LogP contribution is -2.42. The number of aromatic amines is 1. The molecule has 0 unspecified atom stereocenters. The number of hydrogen-bond acceptors (Lipinski definition) is 8. The van der Waals surface area contributed by atoms with Gasteiger partial charge in [-0.05, 0) is 42.3 Å². The second kappa shape index (κ2) is 10.1. The number of nitrogens with two attached hydrogens (primary N) is 1. The fourth-order valence-corrected chi connectivity index (χ4v) is 4.67. The molecule has 0 spiro atoms. The first-order chi connectivity index (χ1) is 16.4. The van der Waals surface area contributed by atoms with Gasteiger partial charge < -0.3 is 19.9 Å². The fourth-order valence-electron chi connectivity index (χ4n) is 3.72. The predicted molar refractivity (Wildman–Crippen MR) is 130 cm³/mol. The summed E-state index contributed by atoms with van der Waals surface area (Å²) in [4.78, 5) is 43.3. The van der Waals surface area contributed by atoms with Crippen LogP contribution in [-0.2, 0) is 11.3 Å². The molecule has 2 aromatic heterocycles. The Hall–Kier alpha value is -3.57. The van der Waals surface area contributed by atoms with E-state index in [9.17, 15) is 14.4 Å². The third-order valence-electron chi connectivity index (χ3n) is 5.34. The van der Waals surface area contributed by atoms with E-state index in [0.717, 1.165) is 10.4 Å². The summed E-state index contributed by atoms with van der Waals surface area (Å²) < 4.78 is 17.6. The summed E-state index contributed by atoms with van der Waals surface area (Å²) in [6.45, 7) is 3.45. The van der Waals surface area contributed by atoms with Crippen LogP contribution in [0.5, 0.6) is 11.5 Å². The molecular weight excluding hydrogens is 460 g/mol. The highest BCUT2D eigenvalue weighted by Gasteiger charge is 2.26. The summed E-state index contributed by atoms with van der Waals surface area (Å²) in [7, 11) is 1.50. The summed E-state index contributed by atoms with van der Waals surface area (Å²) in [5.41, 5.74) is 5.69. The zero-order valence-electron chi connectivity index (χ0n) is 19.0. The Morgan fingerprint density at radius 2 is 1.97 bits per heavy atom. The van der Waals surface area contributed by atoms with Crippen LogP contribution in [0.3, 0.4) is 0 Å². The Morgan fingerprint density at radius 1 is 1.21 bits per heavy atom. The number of nitrogens with zero attached hydrogens (tertiary/aromatic N) is 2. The highest BCUT2D eigenvalue weighted by molar-refractivity contribution is 7.17. The van der Waals surface area contributed by atoms with Gasteiger partial charge in [-0.25, -0.2) is 4.79 Å². The molecule has 0 radical (unpaired) electrons. The number of rotatable bonds is 8. The number of ether oxygens (including phenoxy) is 3. The molecule has 34 heavy (non-hydrogen) atoms. The monoisotopic (exact) mass is 486 g/mol. The van der Waals surface area contributed by atoms with E-state index < -0.39 is 17.2 Å². The van der Waals surface area contributed by atoms with Crippen molar-refractivity contribution in [2.45, 2.75) is 19.9 Å². The molecule has 0 atom stereocenters. The number of nitrogen functional groups attached to an aromatic ring is 1. The molecule has 3 N–H and O–H groups in total. The van der Waals surface area contributed by atoms with Crippen LogP contribution in [0.25, 0.3) is 10.4 Å². The second-order valence-corrected chi connectivity index (χ2v) is 8.70. The van der Waals surface area contributed by atoms with Gasteiger partial charge in [0.25, 0.3) is 11.5 Å². The predicted octanol–water partition coefficient (Wildman–Crippen LogP) is 2.32. The molecule has 0 bridgehead atoms. The van der Waals surface area contributed by atoms with Gasteiger partial charge in [0.05, 0.1) is 11.5 Å². The van der Waals surface area contributed by atoms with Crippen LogP contribution in [0.4, 0.5) is 11.5 Å². The number of amides is 1. The minimum atomic E-state index is -0.720. The lowest BCUT2D eigenvalue weighted by molar-refractivity contribution is 0.0979. The van der Waals surface area contributed by atoms with Crippen LogP contribution in [0.2, 0.25) is 0 Å². The molecule has 1 aromatic carbocycles. The minimum Gasteiger partial charge on any atom is -0.486 e. The molecular formula is C23H26N4O6S. The van der Waals surface area contributed by atoms with Crippen molar-refractivity contribution < 1.29 is 19.0 Å². The maximum atomic E-state index is 13.5.